The summed E-state index contributed by atoms with van der Waals surface area (Å²) in [6.45, 7) is -0.571. The van der Waals surface area contributed by atoms with E-state index in [2.05, 4.69) is 5.32 Å². The molecule has 1 amide bonds. The number of nitrogens with zero attached hydrogens (tertiary/aromatic N) is 1. The second-order valence-electron chi connectivity index (χ2n) is 5.66. The van der Waals surface area contributed by atoms with Crippen LogP contribution in [0.3, 0.4) is 0 Å². The van der Waals surface area contributed by atoms with Gasteiger partial charge in [-0.2, -0.15) is 17.5 Å². The largest absolute Gasteiger partial charge is 0.398 e. The fourth-order valence-corrected chi connectivity index (χ4v) is 4.01. The Labute approximate surface area is 163 Å². The van der Waals surface area contributed by atoms with Gasteiger partial charge in [-0.3, -0.25) is 4.79 Å². The van der Waals surface area contributed by atoms with Gasteiger partial charge in [-0.25, -0.2) is 12.8 Å². The highest BCUT2D eigenvalue weighted by atomic mass is 32.2. The Morgan fingerprint density at radius 2 is 1.71 bits per heavy atom. The van der Waals surface area contributed by atoms with E-state index >= 15 is 0 Å². The molecule has 0 saturated carbocycles. The predicted molar refractivity (Wildman–Crippen MR) is 98.1 cm³/mol. The zero-order valence-electron chi connectivity index (χ0n) is 14.5. The Bertz CT molecular complexity index is 932. The van der Waals surface area contributed by atoms with Gasteiger partial charge in [0.15, 0.2) is 0 Å². The number of carbonyl (C=O) groups is 1. The number of para-hydroxylation sites is 1. The van der Waals surface area contributed by atoms with E-state index in [1.165, 1.54) is 31.3 Å². The molecular weight excluding hydrogens is 420 g/mol. The van der Waals surface area contributed by atoms with Crippen LogP contribution in [-0.2, 0) is 14.8 Å². The SMILES string of the molecule is CN(CC(=O)Nc1ccccc1SCC(F)(F)F)S(=O)(=O)c1ccc(F)cc1. The van der Waals surface area contributed by atoms with Crippen molar-refractivity contribution < 1.29 is 30.8 Å². The first-order chi connectivity index (χ1) is 13.0. The van der Waals surface area contributed by atoms with Gasteiger partial charge in [0, 0.05) is 11.9 Å². The third kappa shape index (κ3) is 6.21. The van der Waals surface area contributed by atoms with Crippen LogP contribution < -0.4 is 5.32 Å². The van der Waals surface area contributed by atoms with Gasteiger partial charge < -0.3 is 5.32 Å². The molecule has 0 aliphatic heterocycles. The Morgan fingerprint density at radius 1 is 1.11 bits per heavy atom. The number of thioether (sulfide) groups is 1. The Balaban J connectivity index is 2.07. The number of alkyl halides is 3. The van der Waals surface area contributed by atoms with Crippen LogP contribution in [0, 0.1) is 5.82 Å². The average Bonchev–Trinajstić information content (AvgIpc) is 2.60. The van der Waals surface area contributed by atoms with Crippen LogP contribution in [0.5, 0.6) is 0 Å². The van der Waals surface area contributed by atoms with Gasteiger partial charge in [-0.1, -0.05) is 12.1 Å². The number of rotatable bonds is 7. The van der Waals surface area contributed by atoms with Crippen LogP contribution in [0.15, 0.2) is 58.3 Å². The Morgan fingerprint density at radius 3 is 2.32 bits per heavy atom. The van der Waals surface area contributed by atoms with Crippen LogP contribution in [0.25, 0.3) is 0 Å². The molecule has 2 aromatic rings. The van der Waals surface area contributed by atoms with Crippen LogP contribution in [0.4, 0.5) is 23.2 Å². The molecule has 0 saturated heterocycles. The first-order valence-electron chi connectivity index (χ1n) is 7.79. The van der Waals surface area contributed by atoms with E-state index in [0.717, 1.165) is 28.6 Å². The van der Waals surface area contributed by atoms with Crippen LogP contribution in [-0.4, -0.2) is 44.2 Å². The molecule has 2 rings (SSSR count). The Kier molecular flexibility index (Phi) is 7.07. The molecule has 11 heteroatoms. The smallest absolute Gasteiger partial charge is 0.324 e. The van der Waals surface area contributed by atoms with Crippen LogP contribution in [0.1, 0.15) is 0 Å². The molecule has 1 N–H and O–H groups in total. The number of amides is 1. The summed E-state index contributed by atoms with van der Waals surface area (Å²) in [5, 5.41) is 2.42. The van der Waals surface area contributed by atoms with Gasteiger partial charge >= 0.3 is 6.18 Å². The standard InChI is InChI=1S/C17H16F4N2O3S2/c1-23(28(25,26)13-8-6-12(18)7-9-13)10-16(24)22-14-4-2-3-5-15(14)27-11-17(19,20)21/h2-9H,10-11H2,1H3,(H,22,24). The Hall–Kier alpha value is -2.11. The third-order valence-corrected chi connectivity index (χ3v) is 6.40. The zero-order valence-corrected chi connectivity index (χ0v) is 16.2. The number of anilines is 1. The summed E-state index contributed by atoms with van der Waals surface area (Å²) >= 11 is 0.512. The van der Waals surface area contributed by atoms with Crippen molar-refractivity contribution in [3.63, 3.8) is 0 Å². The van der Waals surface area contributed by atoms with Crippen molar-refractivity contribution in [1.82, 2.24) is 4.31 Å². The second kappa shape index (κ2) is 8.93. The number of benzene rings is 2. The van der Waals surface area contributed by atoms with Gasteiger partial charge in [0.1, 0.15) is 5.82 Å². The maximum Gasteiger partial charge on any atom is 0.398 e. The summed E-state index contributed by atoms with van der Waals surface area (Å²) in [6, 6.07) is 10.0. The van der Waals surface area contributed by atoms with Gasteiger partial charge in [-0.05, 0) is 36.4 Å². The third-order valence-electron chi connectivity index (χ3n) is 3.44. The summed E-state index contributed by atoms with van der Waals surface area (Å²) in [5.74, 6) is -2.46. The molecule has 0 aromatic heterocycles. The number of carbonyl (C=O) groups excluding carboxylic acids is 1. The van der Waals surface area contributed by atoms with Crippen molar-refractivity contribution in [3.05, 3.63) is 54.3 Å². The van der Waals surface area contributed by atoms with Crippen molar-refractivity contribution in [2.75, 3.05) is 24.7 Å². The van der Waals surface area contributed by atoms with E-state index in [1.807, 2.05) is 0 Å². The highest BCUT2D eigenvalue weighted by Gasteiger charge is 2.28. The minimum absolute atomic E-state index is 0.148. The number of hydrogen-bond donors (Lipinski definition) is 1. The molecule has 152 valence electrons. The maximum atomic E-state index is 13.0. The summed E-state index contributed by atoms with van der Waals surface area (Å²) in [7, 11) is -2.86. The second-order valence-corrected chi connectivity index (χ2v) is 8.73. The predicted octanol–water partition coefficient (Wildman–Crippen LogP) is 3.74. The summed E-state index contributed by atoms with van der Waals surface area (Å²) in [4.78, 5) is 12.2. The number of likely N-dealkylation sites (N-methyl/N-ethyl adjacent to an activating group) is 1. The summed E-state index contributed by atoms with van der Waals surface area (Å²) < 4.78 is 75.8. The van der Waals surface area contributed by atoms with Crippen molar-refractivity contribution in [2.45, 2.75) is 16.0 Å². The van der Waals surface area contributed by atoms with Gasteiger partial charge in [0.25, 0.3) is 0 Å². The normalized spacial score (nSPS) is 12.2. The molecule has 0 aliphatic rings. The quantitative estimate of drug-likeness (QED) is 0.531. The topological polar surface area (TPSA) is 66.5 Å². The molecule has 0 bridgehead atoms. The van der Waals surface area contributed by atoms with Gasteiger partial charge in [0.2, 0.25) is 15.9 Å². The lowest BCUT2D eigenvalue weighted by atomic mass is 10.3. The molecule has 0 unspecified atom stereocenters. The minimum Gasteiger partial charge on any atom is -0.324 e. The first kappa shape index (κ1) is 22.2. The van der Waals surface area contributed by atoms with Gasteiger partial charge in [0.05, 0.1) is 22.9 Å². The fraction of sp³-hybridized carbons (Fsp3) is 0.235. The molecule has 5 nitrogen and oxygen atoms in total. The lowest BCUT2D eigenvalue weighted by Crippen LogP contribution is -2.35. The maximum absolute atomic E-state index is 13.0. The van der Waals surface area contributed by atoms with E-state index in [9.17, 15) is 30.8 Å². The van der Waals surface area contributed by atoms with Crippen LogP contribution >= 0.6 is 11.8 Å². The highest BCUT2D eigenvalue weighted by molar-refractivity contribution is 7.99. The monoisotopic (exact) mass is 436 g/mol. The zero-order chi connectivity index (χ0) is 20.9. The summed E-state index contributed by atoms with van der Waals surface area (Å²) in [5.41, 5.74) is 0.148. The molecule has 0 spiro atoms. The van der Waals surface area contributed by atoms with E-state index in [-0.39, 0.29) is 15.5 Å². The van der Waals surface area contributed by atoms with Crippen molar-refractivity contribution in [3.8, 4) is 0 Å². The highest BCUT2D eigenvalue weighted by Crippen LogP contribution is 2.32. The summed E-state index contributed by atoms with van der Waals surface area (Å²) in [6.07, 6.45) is -4.37. The molecule has 0 radical (unpaired) electrons. The average molecular weight is 436 g/mol. The first-order valence-corrected chi connectivity index (χ1v) is 10.2. The molecule has 2 aromatic carbocycles. The van der Waals surface area contributed by atoms with E-state index in [1.54, 1.807) is 0 Å². The number of hydrogen-bond acceptors (Lipinski definition) is 4. The van der Waals surface area contributed by atoms with E-state index < -0.39 is 40.2 Å². The molecular formula is C17H16F4N2O3S2. The fourth-order valence-electron chi connectivity index (χ4n) is 2.12. The molecule has 28 heavy (non-hydrogen) atoms. The molecule has 0 fully saturated rings. The van der Waals surface area contributed by atoms with Crippen LogP contribution in [0.2, 0.25) is 0 Å². The van der Waals surface area contributed by atoms with Gasteiger partial charge in [-0.15, -0.1) is 11.8 Å². The lowest BCUT2D eigenvalue weighted by Gasteiger charge is -2.18. The minimum atomic E-state index is -4.37. The lowest BCUT2D eigenvalue weighted by molar-refractivity contribution is -0.116. The van der Waals surface area contributed by atoms with E-state index in [4.69, 9.17) is 0 Å². The molecule has 0 aliphatic carbocycles. The van der Waals surface area contributed by atoms with Crippen molar-refractivity contribution in [2.24, 2.45) is 0 Å². The molecule has 0 heterocycles. The number of halogens is 4. The number of sulfonamides is 1. The molecule has 0 atom stereocenters. The van der Waals surface area contributed by atoms with Crippen molar-refractivity contribution in [1.29, 1.82) is 0 Å². The number of nitrogens with one attached hydrogen (secondary N) is 1. The van der Waals surface area contributed by atoms with E-state index in [0.29, 0.717) is 11.8 Å². The van der Waals surface area contributed by atoms with Crippen molar-refractivity contribution >= 4 is 33.4 Å².